The zero-order valence-electron chi connectivity index (χ0n) is 11.8. The lowest BCUT2D eigenvalue weighted by molar-refractivity contribution is -0.121. The molecule has 4 heteroatoms. The van der Waals surface area contributed by atoms with Crippen molar-refractivity contribution in [2.24, 2.45) is 0 Å². The highest BCUT2D eigenvalue weighted by Gasteiger charge is 2.22. The number of hydrogen-bond acceptors (Lipinski definition) is 4. The SMILES string of the molecule is Cc1cc(C(C)(C)O)cc(OC2CCC(=O)CC2)n1. The van der Waals surface area contributed by atoms with Crippen molar-refractivity contribution in [3.63, 3.8) is 0 Å². The molecule has 1 heterocycles. The first-order valence-electron chi connectivity index (χ1n) is 6.74. The summed E-state index contributed by atoms with van der Waals surface area (Å²) in [6.45, 7) is 5.36. The molecule has 0 radical (unpaired) electrons. The van der Waals surface area contributed by atoms with E-state index in [1.807, 2.05) is 13.0 Å². The minimum absolute atomic E-state index is 0.0571. The molecule has 1 saturated carbocycles. The van der Waals surface area contributed by atoms with Crippen LogP contribution < -0.4 is 4.74 Å². The van der Waals surface area contributed by atoms with E-state index in [9.17, 15) is 9.90 Å². The molecule has 0 unspecified atom stereocenters. The molecule has 0 aliphatic heterocycles. The monoisotopic (exact) mass is 263 g/mol. The molecule has 1 aromatic heterocycles. The van der Waals surface area contributed by atoms with Crippen LogP contribution in [0, 0.1) is 6.92 Å². The van der Waals surface area contributed by atoms with Gasteiger partial charge in [-0.05, 0) is 45.2 Å². The number of aryl methyl sites for hydroxylation is 1. The number of carbonyl (C=O) groups excluding carboxylic acids is 1. The van der Waals surface area contributed by atoms with Gasteiger partial charge in [0.1, 0.15) is 11.9 Å². The molecule has 19 heavy (non-hydrogen) atoms. The normalized spacial score (nSPS) is 17.6. The van der Waals surface area contributed by atoms with Gasteiger partial charge in [0.2, 0.25) is 5.88 Å². The summed E-state index contributed by atoms with van der Waals surface area (Å²) in [6.07, 6.45) is 2.75. The molecule has 2 rings (SSSR count). The number of pyridine rings is 1. The van der Waals surface area contributed by atoms with Gasteiger partial charge in [-0.3, -0.25) is 4.79 Å². The molecule has 0 bridgehead atoms. The number of aliphatic hydroxyl groups is 1. The van der Waals surface area contributed by atoms with E-state index in [1.54, 1.807) is 19.9 Å². The lowest BCUT2D eigenvalue weighted by atomic mass is 9.96. The third-order valence-corrected chi connectivity index (χ3v) is 3.41. The second-order valence-corrected chi connectivity index (χ2v) is 5.75. The van der Waals surface area contributed by atoms with Crippen LogP contribution in [0.3, 0.4) is 0 Å². The Labute approximate surface area is 113 Å². The second-order valence-electron chi connectivity index (χ2n) is 5.75. The Hall–Kier alpha value is -1.42. The number of nitrogens with zero attached hydrogens (tertiary/aromatic N) is 1. The molecule has 1 aromatic rings. The van der Waals surface area contributed by atoms with E-state index in [2.05, 4.69) is 4.98 Å². The minimum Gasteiger partial charge on any atom is -0.474 e. The Morgan fingerprint density at radius 2 is 1.95 bits per heavy atom. The molecular weight excluding hydrogens is 242 g/mol. The fourth-order valence-corrected chi connectivity index (χ4v) is 2.25. The van der Waals surface area contributed by atoms with Crippen LogP contribution in [0.2, 0.25) is 0 Å². The van der Waals surface area contributed by atoms with Crippen LogP contribution in [0.25, 0.3) is 0 Å². The summed E-state index contributed by atoms with van der Waals surface area (Å²) in [5.74, 6) is 0.853. The maximum atomic E-state index is 11.2. The van der Waals surface area contributed by atoms with Gasteiger partial charge in [-0.1, -0.05) is 0 Å². The molecule has 1 N–H and O–H groups in total. The van der Waals surface area contributed by atoms with Gasteiger partial charge in [0.15, 0.2) is 0 Å². The molecule has 4 nitrogen and oxygen atoms in total. The van der Waals surface area contributed by atoms with Gasteiger partial charge in [0.05, 0.1) is 5.60 Å². The Morgan fingerprint density at radius 1 is 1.32 bits per heavy atom. The van der Waals surface area contributed by atoms with Crippen LogP contribution in [0.1, 0.15) is 50.8 Å². The van der Waals surface area contributed by atoms with Crippen LogP contribution in [-0.2, 0) is 10.4 Å². The fraction of sp³-hybridized carbons (Fsp3) is 0.600. The van der Waals surface area contributed by atoms with E-state index in [0.717, 1.165) is 24.1 Å². The molecule has 104 valence electrons. The Bertz CT molecular complexity index is 467. The molecule has 0 spiro atoms. The van der Waals surface area contributed by atoms with Crippen LogP contribution in [0.15, 0.2) is 12.1 Å². The summed E-state index contributed by atoms with van der Waals surface area (Å²) in [5, 5.41) is 10.1. The van der Waals surface area contributed by atoms with Gasteiger partial charge in [0.25, 0.3) is 0 Å². The molecule has 0 saturated heterocycles. The van der Waals surface area contributed by atoms with Gasteiger partial charge < -0.3 is 9.84 Å². The maximum Gasteiger partial charge on any atom is 0.214 e. The molecule has 1 fully saturated rings. The number of ketones is 1. The van der Waals surface area contributed by atoms with E-state index in [-0.39, 0.29) is 6.10 Å². The smallest absolute Gasteiger partial charge is 0.214 e. The standard InChI is InChI=1S/C15H21NO3/c1-10-8-11(15(2,3)18)9-14(16-10)19-13-6-4-12(17)5-7-13/h8-9,13,18H,4-7H2,1-3H3. The summed E-state index contributed by atoms with van der Waals surface area (Å²) in [4.78, 5) is 15.5. The van der Waals surface area contributed by atoms with E-state index in [4.69, 9.17) is 4.74 Å². The number of ether oxygens (including phenoxy) is 1. The van der Waals surface area contributed by atoms with Crippen molar-refractivity contribution in [3.8, 4) is 5.88 Å². The number of hydrogen-bond donors (Lipinski definition) is 1. The first kappa shape index (κ1) is 14.0. The summed E-state index contributed by atoms with van der Waals surface area (Å²) in [6, 6.07) is 3.64. The van der Waals surface area contributed by atoms with Crippen molar-refractivity contribution in [1.82, 2.24) is 4.98 Å². The average molecular weight is 263 g/mol. The van der Waals surface area contributed by atoms with Crippen molar-refractivity contribution >= 4 is 5.78 Å². The summed E-state index contributed by atoms with van der Waals surface area (Å²) >= 11 is 0. The average Bonchev–Trinajstić information content (AvgIpc) is 2.30. The zero-order valence-corrected chi connectivity index (χ0v) is 11.8. The van der Waals surface area contributed by atoms with E-state index in [0.29, 0.717) is 24.5 Å². The molecule has 0 amide bonds. The van der Waals surface area contributed by atoms with Gasteiger partial charge in [-0.2, -0.15) is 0 Å². The predicted octanol–water partition coefficient (Wildman–Crippen LogP) is 2.51. The summed E-state index contributed by atoms with van der Waals surface area (Å²) < 4.78 is 5.85. The number of rotatable bonds is 3. The third-order valence-electron chi connectivity index (χ3n) is 3.41. The van der Waals surface area contributed by atoms with Gasteiger partial charge in [0, 0.05) is 24.6 Å². The second kappa shape index (κ2) is 5.29. The topological polar surface area (TPSA) is 59.4 Å². The van der Waals surface area contributed by atoms with Crippen molar-refractivity contribution in [2.75, 3.05) is 0 Å². The molecule has 0 atom stereocenters. The van der Waals surface area contributed by atoms with E-state index in [1.165, 1.54) is 0 Å². The van der Waals surface area contributed by atoms with E-state index < -0.39 is 5.60 Å². The maximum absolute atomic E-state index is 11.2. The Balaban J connectivity index is 2.12. The summed E-state index contributed by atoms with van der Waals surface area (Å²) in [5.41, 5.74) is 0.706. The van der Waals surface area contributed by atoms with Gasteiger partial charge >= 0.3 is 0 Å². The highest BCUT2D eigenvalue weighted by atomic mass is 16.5. The van der Waals surface area contributed by atoms with Crippen molar-refractivity contribution < 1.29 is 14.6 Å². The quantitative estimate of drug-likeness (QED) is 0.910. The zero-order chi connectivity index (χ0) is 14.0. The van der Waals surface area contributed by atoms with Crippen molar-refractivity contribution in [2.45, 2.75) is 58.2 Å². The first-order chi connectivity index (χ1) is 8.84. The minimum atomic E-state index is -0.908. The number of Topliss-reactive ketones (excluding diaryl/α,β-unsaturated/α-hetero) is 1. The van der Waals surface area contributed by atoms with E-state index >= 15 is 0 Å². The number of carbonyl (C=O) groups is 1. The van der Waals surface area contributed by atoms with Crippen LogP contribution in [0.4, 0.5) is 0 Å². The van der Waals surface area contributed by atoms with Crippen molar-refractivity contribution in [1.29, 1.82) is 0 Å². The van der Waals surface area contributed by atoms with Crippen LogP contribution >= 0.6 is 0 Å². The van der Waals surface area contributed by atoms with Crippen LogP contribution in [-0.4, -0.2) is 22.0 Å². The molecule has 0 aromatic carbocycles. The molecule has 1 aliphatic carbocycles. The molecule has 1 aliphatic rings. The third kappa shape index (κ3) is 3.77. The molecular formula is C15H21NO3. The Kier molecular flexibility index (Phi) is 3.90. The number of aromatic nitrogens is 1. The Morgan fingerprint density at radius 3 is 2.53 bits per heavy atom. The highest BCUT2D eigenvalue weighted by Crippen LogP contribution is 2.26. The largest absolute Gasteiger partial charge is 0.474 e. The lowest BCUT2D eigenvalue weighted by Crippen LogP contribution is -2.25. The van der Waals surface area contributed by atoms with Crippen molar-refractivity contribution in [3.05, 3.63) is 23.4 Å². The predicted molar refractivity (Wildman–Crippen MR) is 72.1 cm³/mol. The van der Waals surface area contributed by atoms with Gasteiger partial charge in [-0.25, -0.2) is 4.98 Å². The summed E-state index contributed by atoms with van der Waals surface area (Å²) in [7, 11) is 0. The lowest BCUT2D eigenvalue weighted by Gasteiger charge is -2.24. The van der Waals surface area contributed by atoms with Crippen LogP contribution in [0.5, 0.6) is 5.88 Å². The fourth-order valence-electron chi connectivity index (χ4n) is 2.25. The van der Waals surface area contributed by atoms with Gasteiger partial charge in [-0.15, -0.1) is 0 Å². The first-order valence-corrected chi connectivity index (χ1v) is 6.74. The highest BCUT2D eigenvalue weighted by molar-refractivity contribution is 5.79.